The van der Waals surface area contributed by atoms with Gasteiger partial charge in [0.2, 0.25) is 0 Å². The zero-order valence-electron chi connectivity index (χ0n) is 12.8. The molecule has 110 valence electrons. The molecular weight excluding hydrogens is 268 g/mol. The summed E-state index contributed by atoms with van der Waals surface area (Å²) in [5.74, 6) is 7.90. The van der Waals surface area contributed by atoms with Crippen LogP contribution in [0.25, 0.3) is 0 Å². The molecule has 0 radical (unpaired) electrons. The third-order valence-electron chi connectivity index (χ3n) is 3.52. The summed E-state index contributed by atoms with van der Waals surface area (Å²) >= 11 is 5.58. The van der Waals surface area contributed by atoms with Crippen molar-refractivity contribution in [3.8, 4) is 17.6 Å². The average Bonchev–Trinajstić information content (AvgIpc) is 2.46. The van der Waals surface area contributed by atoms with Crippen LogP contribution in [-0.2, 0) is 0 Å². The summed E-state index contributed by atoms with van der Waals surface area (Å²) in [6.45, 7) is 7.33. The molecule has 0 aliphatic carbocycles. The first-order valence-corrected chi connectivity index (χ1v) is 8.03. The largest absolute Gasteiger partial charge is 0.493 e. The second-order valence-corrected chi connectivity index (χ2v) is 5.41. The molecule has 0 saturated heterocycles. The molecule has 0 amide bonds. The Kier molecular flexibility index (Phi) is 8.23. The first-order valence-electron chi connectivity index (χ1n) is 7.49. The highest BCUT2D eigenvalue weighted by molar-refractivity contribution is 6.19. The van der Waals surface area contributed by atoms with E-state index in [4.69, 9.17) is 16.3 Å². The lowest BCUT2D eigenvalue weighted by Crippen LogP contribution is -2.11. The molecule has 0 saturated carbocycles. The van der Waals surface area contributed by atoms with E-state index in [1.165, 1.54) is 25.7 Å². The summed E-state index contributed by atoms with van der Waals surface area (Å²) in [6.07, 6.45) is 4.97. The van der Waals surface area contributed by atoms with Gasteiger partial charge in [-0.25, -0.2) is 0 Å². The molecule has 0 aliphatic rings. The van der Waals surface area contributed by atoms with Crippen LogP contribution in [0.2, 0.25) is 0 Å². The van der Waals surface area contributed by atoms with Crippen LogP contribution in [0.15, 0.2) is 18.2 Å². The zero-order chi connectivity index (χ0) is 14.8. The van der Waals surface area contributed by atoms with Gasteiger partial charge in [0.25, 0.3) is 0 Å². The van der Waals surface area contributed by atoms with Gasteiger partial charge < -0.3 is 4.74 Å². The minimum atomic E-state index is 0.368. The number of benzene rings is 1. The van der Waals surface area contributed by atoms with Crippen LogP contribution in [0.3, 0.4) is 0 Å². The Morgan fingerprint density at radius 2 is 2.10 bits per heavy atom. The number of ether oxygens (including phenoxy) is 1. The van der Waals surface area contributed by atoms with Crippen LogP contribution in [0.1, 0.15) is 50.7 Å². The fourth-order valence-corrected chi connectivity index (χ4v) is 2.17. The maximum atomic E-state index is 5.92. The van der Waals surface area contributed by atoms with E-state index in [1.807, 2.05) is 12.1 Å². The van der Waals surface area contributed by atoms with Crippen LogP contribution < -0.4 is 4.74 Å². The maximum absolute atomic E-state index is 5.92. The number of unbranched alkanes of at least 4 members (excludes halogenated alkanes) is 1. The fourth-order valence-electron chi connectivity index (χ4n) is 2.11. The lowest BCUT2D eigenvalue weighted by molar-refractivity contribution is 0.233. The highest BCUT2D eigenvalue weighted by Gasteiger charge is 2.07. The molecule has 1 atom stereocenters. The second-order valence-electron chi connectivity index (χ2n) is 5.14. The van der Waals surface area contributed by atoms with Crippen molar-refractivity contribution < 1.29 is 4.74 Å². The van der Waals surface area contributed by atoms with E-state index in [9.17, 15) is 0 Å². The Morgan fingerprint density at radius 3 is 2.70 bits per heavy atom. The van der Waals surface area contributed by atoms with Crippen molar-refractivity contribution in [3.63, 3.8) is 0 Å². The lowest BCUT2D eigenvalue weighted by atomic mass is 10.0. The number of alkyl halides is 1. The zero-order valence-corrected chi connectivity index (χ0v) is 13.6. The van der Waals surface area contributed by atoms with Crippen molar-refractivity contribution in [2.24, 2.45) is 5.92 Å². The standard InChI is InChI=1S/C18H25ClO/c1-4-6-8-16(5-2)14-20-18-11-10-17(9-7-12-19)15(3)13-18/h10-11,13,16H,4-6,8,12,14H2,1-3H3. The number of hydrogen-bond acceptors (Lipinski definition) is 1. The van der Waals surface area contributed by atoms with E-state index in [0.717, 1.165) is 23.5 Å². The Morgan fingerprint density at radius 1 is 1.30 bits per heavy atom. The molecule has 0 bridgehead atoms. The van der Waals surface area contributed by atoms with Gasteiger partial charge in [0.1, 0.15) is 5.75 Å². The van der Waals surface area contributed by atoms with Crippen LogP contribution in [-0.4, -0.2) is 12.5 Å². The third kappa shape index (κ3) is 5.88. The molecule has 1 aromatic carbocycles. The molecule has 0 fully saturated rings. The smallest absolute Gasteiger partial charge is 0.119 e. The van der Waals surface area contributed by atoms with Crippen LogP contribution in [0.4, 0.5) is 0 Å². The summed E-state index contributed by atoms with van der Waals surface area (Å²) < 4.78 is 5.92. The molecule has 20 heavy (non-hydrogen) atoms. The minimum Gasteiger partial charge on any atom is -0.493 e. The molecule has 1 rings (SSSR count). The molecule has 0 heterocycles. The van der Waals surface area contributed by atoms with Gasteiger partial charge in [0, 0.05) is 5.56 Å². The second kappa shape index (κ2) is 9.72. The molecule has 2 heteroatoms. The fraction of sp³-hybridized carbons (Fsp3) is 0.556. The highest BCUT2D eigenvalue weighted by atomic mass is 35.5. The van der Waals surface area contributed by atoms with Gasteiger partial charge in [-0.15, -0.1) is 11.6 Å². The number of rotatable bonds is 7. The summed E-state index contributed by atoms with van der Waals surface area (Å²) in [5, 5.41) is 0. The molecule has 1 unspecified atom stereocenters. The van der Waals surface area contributed by atoms with E-state index in [1.54, 1.807) is 0 Å². The SMILES string of the molecule is CCCCC(CC)COc1ccc(C#CCCl)c(C)c1. The number of aryl methyl sites for hydroxylation is 1. The van der Waals surface area contributed by atoms with Crippen molar-refractivity contribution >= 4 is 11.6 Å². The van der Waals surface area contributed by atoms with E-state index < -0.39 is 0 Å². The third-order valence-corrected chi connectivity index (χ3v) is 3.65. The Hall–Kier alpha value is -1.13. The molecule has 0 spiro atoms. The van der Waals surface area contributed by atoms with E-state index in [-0.39, 0.29) is 0 Å². The maximum Gasteiger partial charge on any atom is 0.119 e. The van der Waals surface area contributed by atoms with Gasteiger partial charge in [-0.3, -0.25) is 0 Å². The highest BCUT2D eigenvalue weighted by Crippen LogP contribution is 2.19. The molecule has 1 aromatic rings. The van der Waals surface area contributed by atoms with Crippen molar-refractivity contribution in [1.82, 2.24) is 0 Å². The lowest BCUT2D eigenvalue weighted by Gasteiger charge is -2.16. The normalized spacial score (nSPS) is 11.6. The first-order chi connectivity index (χ1) is 9.71. The van der Waals surface area contributed by atoms with Crippen molar-refractivity contribution in [2.45, 2.75) is 46.5 Å². The van der Waals surface area contributed by atoms with Gasteiger partial charge in [-0.1, -0.05) is 45.0 Å². The predicted octanol–water partition coefficient (Wildman–Crippen LogP) is 5.18. The Balaban J connectivity index is 2.58. The van der Waals surface area contributed by atoms with Gasteiger partial charge in [0.05, 0.1) is 12.5 Å². The van der Waals surface area contributed by atoms with Crippen molar-refractivity contribution in [3.05, 3.63) is 29.3 Å². The van der Waals surface area contributed by atoms with Crippen molar-refractivity contribution in [2.75, 3.05) is 12.5 Å². The van der Waals surface area contributed by atoms with E-state index >= 15 is 0 Å². The van der Waals surface area contributed by atoms with E-state index in [2.05, 4.69) is 38.7 Å². The first kappa shape index (κ1) is 16.9. The summed E-state index contributed by atoms with van der Waals surface area (Å²) in [7, 11) is 0. The van der Waals surface area contributed by atoms with Gasteiger partial charge in [-0.05, 0) is 43.0 Å². The topological polar surface area (TPSA) is 9.23 Å². The molecule has 0 N–H and O–H groups in total. The molecule has 1 nitrogen and oxygen atoms in total. The van der Waals surface area contributed by atoms with Crippen LogP contribution >= 0.6 is 11.6 Å². The summed E-state index contributed by atoms with van der Waals surface area (Å²) in [4.78, 5) is 0. The number of hydrogen-bond donors (Lipinski definition) is 0. The monoisotopic (exact) mass is 292 g/mol. The van der Waals surface area contributed by atoms with Crippen molar-refractivity contribution in [1.29, 1.82) is 0 Å². The molecule has 0 aromatic heterocycles. The predicted molar refractivity (Wildman–Crippen MR) is 87.6 cm³/mol. The number of halogens is 1. The molecule has 0 aliphatic heterocycles. The van der Waals surface area contributed by atoms with Gasteiger partial charge in [0.15, 0.2) is 0 Å². The van der Waals surface area contributed by atoms with Crippen LogP contribution in [0.5, 0.6) is 5.75 Å². The quantitative estimate of drug-likeness (QED) is 0.497. The van der Waals surface area contributed by atoms with Crippen LogP contribution in [0, 0.1) is 24.7 Å². The van der Waals surface area contributed by atoms with Gasteiger partial charge in [-0.2, -0.15) is 0 Å². The summed E-state index contributed by atoms with van der Waals surface area (Å²) in [5.41, 5.74) is 2.16. The molecular formula is C18H25ClO. The van der Waals surface area contributed by atoms with E-state index in [0.29, 0.717) is 11.8 Å². The minimum absolute atomic E-state index is 0.368. The average molecular weight is 293 g/mol. The summed E-state index contributed by atoms with van der Waals surface area (Å²) in [6, 6.07) is 6.07. The Labute approximate surface area is 128 Å². The van der Waals surface area contributed by atoms with Gasteiger partial charge >= 0.3 is 0 Å². The Bertz CT molecular complexity index is 456.